The van der Waals surface area contributed by atoms with E-state index in [9.17, 15) is 9.59 Å². The summed E-state index contributed by atoms with van der Waals surface area (Å²) in [4.78, 5) is 30.8. The Bertz CT molecular complexity index is 1140. The van der Waals surface area contributed by atoms with Crippen molar-refractivity contribution >= 4 is 28.4 Å². The number of rotatable bonds is 5. The lowest BCUT2D eigenvalue weighted by molar-refractivity contribution is 0.0928. The molecule has 8 nitrogen and oxygen atoms in total. The topological polar surface area (TPSA) is 87.9 Å². The number of aryl methyl sites for hydroxylation is 2. The Morgan fingerprint density at radius 2 is 2.17 bits per heavy atom. The molecule has 0 radical (unpaired) electrons. The number of amides is 1. The molecule has 0 saturated heterocycles. The van der Waals surface area contributed by atoms with Crippen LogP contribution in [0.4, 0.5) is 0 Å². The van der Waals surface area contributed by atoms with Crippen molar-refractivity contribution in [2.45, 2.75) is 45.3 Å². The van der Waals surface area contributed by atoms with Gasteiger partial charge in [-0.1, -0.05) is 11.6 Å². The quantitative estimate of drug-likeness (QED) is 0.649. The molecule has 0 bridgehead atoms. The van der Waals surface area contributed by atoms with Crippen LogP contribution in [-0.2, 0) is 19.5 Å². The first-order chi connectivity index (χ1) is 14.3. The van der Waals surface area contributed by atoms with Gasteiger partial charge in [-0.25, -0.2) is 9.48 Å². The molecule has 0 spiro atoms. The number of halogens is 1. The molecule has 30 heavy (non-hydrogen) atoms. The number of hydrogen-bond acceptors (Lipinski definition) is 4. The molecule has 0 fully saturated rings. The average molecular weight is 431 g/mol. The lowest BCUT2D eigenvalue weighted by Gasteiger charge is -2.16. The SMILES string of the molecule is Cc1c(C(=O)NC2CCc3nn(CCN(C)C)c(=O)n3CC2)[nH]c2ccc(Cl)cc12. The van der Waals surface area contributed by atoms with E-state index in [-0.39, 0.29) is 17.6 Å². The number of aromatic nitrogens is 4. The summed E-state index contributed by atoms with van der Waals surface area (Å²) in [5, 5.41) is 9.24. The first-order valence-electron chi connectivity index (χ1n) is 10.2. The largest absolute Gasteiger partial charge is 0.350 e. The predicted molar refractivity (Wildman–Crippen MR) is 117 cm³/mol. The molecule has 3 aromatic rings. The van der Waals surface area contributed by atoms with E-state index < -0.39 is 0 Å². The molecule has 1 aromatic carbocycles. The Balaban J connectivity index is 1.45. The van der Waals surface area contributed by atoms with Crippen LogP contribution in [0.1, 0.15) is 34.7 Å². The molecule has 1 aliphatic heterocycles. The van der Waals surface area contributed by atoms with Gasteiger partial charge in [-0.05, 0) is 57.6 Å². The van der Waals surface area contributed by atoms with Crippen molar-refractivity contribution in [2.75, 3.05) is 20.6 Å². The van der Waals surface area contributed by atoms with Gasteiger partial charge >= 0.3 is 5.69 Å². The normalized spacial score (nSPS) is 16.6. The second-order valence-electron chi connectivity index (χ2n) is 8.19. The highest BCUT2D eigenvalue weighted by Crippen LogP contribution is 2.25. The van der Waals surface area contributed by atoms with Crippen molar-refractivity contribution in [3.8, 4) is 0 Å². The van der Waals surface area contributed by atoms with Crippen molar-refractivity contribution in [1.29, 1.82) is 0 Å². The highest BCUT2D eigenvalue weighted by Gasteiger charge is 2.24. The minimum atomic E-state index is -0.132. The number of benzene rings is 1. The third-order valence-electron chi connectivity index (χ3n) is 5.76. The van der Waals surface area contributed by atoms with Crippen LogP contribution in [0, 0.1) is 6.92 Å². The number of carbonyl (C=O) groups excluding carboxylic acids is 1. The van der Waals surface area contributed by atoms with E-state index in [0.29, 0.717) is 36.6 Å². The van der Waals surface area contributed by atoms with Crippen LogP contribution >= 0.6 is 11.6 Å². The van der Waals surface area contributed by atoms with Gasteiger partial charge < -0.3 is 15.2 Å². The Hall–Kier alpha value is -2.58. The van der Waals surface area contributed by atoms with Crippen LogP contribution in [0.25, 0.3) is 10.9 Å². The maximum atomic E-state index is 12.9. The summed E-state index contributed by atoms with van der Waals surface area (Å²) in [6, 6.07) is 5.54. The number of likely N-dealkylation sites (N-methyl/N-ethyl adjacent to an activating group) is 1. The number of nitrogens with zero attached hydrogens (tertiary/aromatic N) is 4. The van der Waals surface area contributed by atoms with Gasteiger partial charge in [0.05, 0.1) is 6.54 Å². The summed E-state index contributed by atoms with van der Waals surface area (Å²) in [5.74, 6) is 0.666. The molecule has 3 heterocycles. The van der Waals surface area contributed by atoms with Gasteiger partial charge in [0.15, 0.2) is 0 Å². The first-order valence-corrected chi connectivity index (χ1v) is 10.6. The van der Waals surface area contributed by atoms with E-state index >= 15 is 0 Å². The van der Waals surface area contributed by atoms with Gasteiger partial charge in [-0.3, -0.25) is 9.36 Å². The zero-order valence-electron chi connectivity index (χ0n) is 17.5. The number of carbonyl (C=O) groups is 1. The Morgan fingerprint density at radius 1 is 1.37 bits per heavy atom. The summed E-state index contributed by atoms with van der Waals surface area (Å²) in [5.41, 5.74) is 2.26. The number of nitrogens with one attached hydrogen (secondary N) is 2. The third-order valence-corrected chi connectivity index (χ3v) is 5.99. The van der Waals surface area contributed by atoms with Crippen molar-refractivity contribution in [3.63, 3.8) is 0 Å². The van der Waals surface area contributed by atoms with Crippen molar-refractivity contribution in [1.82, 2.24) is 29.5 Å². The van der Waals surface area contributed by atoms with Gasteiger partial charge in [-0.15, -0.1) is 0 Å². The number of H-pyrrole nitrogens is 1. The predicted octanol–water partition coefficient (Wildman–Crippen LogP) is 2.18. The van der Waals surface area contributed by atoms with Gasteiger partial charge in [0.2, 0.25) is 0 Å². The molecular weight excluding hydrogens is 404 g/mol. The van der Waals surface area contributed by atoms with Crippen LogP contribution in [0.15, 0.2) is 23.0 Å². The van der Waals surface area contributed by atoms with Crippen LogP contribution in [0.5, 0.6) is 0 Å². The molecule has 4 rings (SSSR count). The average Bonchev–Trinajstić information content (AvgIpc) is 3.10. The summed E-state index contributed by atoms with van der Waals surface area (Å²) in [7, 11) is 3.95. The van der Waals surface area contributed by atoms with Gasteiger partial charge in [-0.2, -0.15) is 5.10 Å². The van der Waals surface area contributed by atoms with Crippen molar-refractivity contribution < 1.29 is 4.79 Å². The maximum absolute atomic E-state index is 12.9. The van der Waals surface area contributed by atoms with Crippen LogP contribution in [-0.4, -0.2) is 56.8 Å². The molecule has 1 atom stereocenters. The maximum Gasteiger partial charge on any atom is 0.345 e. The molecule has 2 aromatic heterocycles. The Kier molecular flexibility index (Phi) is 5.71. The smallest absolute Gasteiger partial charge is 0.345 e. The fraction of sp³-hybridized carbons (Fsp3) is 0.476. The van der Waals surface area contributed by atoms with E-state index in [0.717, 1.165) is 35.3 Å². The van der Waals surface area contributed by atoms with Crippen LogP contribution in [0.3, 0.4) is 0 Å². The lowest BCUT2D eigenvalue weighted by Crippen LogP contribution is -2.36. The zero-order valence-corrected chi connectivity index (χ0v) is 18.3. The van der Waals surface area contributed by atoms with E-state index in [2.05, 4.69) is 15.4 Å². The summed E-state index contributed by atoms with van der Waals surface area (Å²) in [6.45, 7) is 3.82. The third kappa shape index (κ3) is 4.02. The molecular formula is C21H27ClN6O2. The second kappa shape index (κ2) is 8.28. The number of hydrogen-bond donors (Lipinski definition) is 2. The van der Waals surface area contributed by atoms with E-state index in [4.69, 9.17) is 11.6 Å². The molecule has 1 unspecified atom stereocenters. The highest BCUT2D eigenvalue weighted by atomic mass is 35.5. The molecule has 9 heteroatoms. The van der Waals surface area contributed by atoms with Gasteiger partial charge in [0.1, 0.15) is 11.5 Å². The van der Waals surface area contributed by atoms with Crippen LogP contribution in [0.2, 0.25) is 5.02 Å². The van der Waals surface area contributed by atoms with Crippen LogP contribution < -0.4 is 11.0 Å². The minimum Gasteiger partial charge on any atom is -0.350 e. The molecule has 0 aliphatic carbocycles. The molecule has 0 saturated carbocycles. The second-order valence-corrected chi connectivity index (χ2v) is 8.63. The summed E-state index contributed by atoms with van der Waals surface area (Å²) < 4.78 is 3.30. The summed E-state index contributed by atoms with van der Waals surface area (Å²) >= 11 is 6.09. The number of aromatic amines is 1. The van der Waals surface area contributed by atoms with E-state index in [1.165, 1.54) is 0 Å². The monoisotopic (exact) mass is 430 g/mol. The highest BCUT2D eigenvalue weighted by molar-refractivity contribution is 6.31. The fourth-order valence-corrected chi connectivity index (χ4v) is 4.17. The Morgan fingerprint density at radius 3 is 2.93 bits per heavy atom. The fourth-order valence-electron chi connectivity index (χ4n) is 4.00. The van der Waals surface area contributed by atoms with E-state index in [1.54, 1.807) is 15.3 Å². The van der Waals surface area contributed by atoms with Crippen molar-refractivity contribution in [3.05, 3.63) is 50.8 Å². The molecule has 2 N–H and O–H groups in total. The van der Waals surface area contributed by atoms with E-state index in [1.807, 2.05) is 38.1 Å². The van der Waals surface area contributed by atoms with Gasteiger partial charge in [0, 0.05) is 41.5 Å². The molecule has 160 valence electrons. The standard InChI is InChI=1S/C21H27ClN6O2/c1-13-16-12-14(22)4-6-17(16)24-19(13)20(29)23-15-5-7-18-25-28(11-10-26(2)3)21(30)27(18)9-8-15/h4,6,12,15,24H,5,7-11H2,1-3H3,(H,23,29). The van der Waals surface area contributed by atoms with Gasteiger partial charge in [0.25, 0.3) is 5.91 Å². The Labute approximate surface area is 179 Å². The van der Waals surface area contributed by atoms with Crippen molar-refractivity contribution in [2.24, 2.45) is 0 Å². The molecule has 1 amide bonds. The summed E-state index contributed by atoms with van der Waals surface area (Å²) in [6.07, 6.45) is 2.11. The molecule has 1 aliphatic rings. The number of fused-ring (bicyclic) bond motifs is 2. The lowest BCUT2D eigenvalue weighted by atomic mass is 10.1. The first kappa shape index (κ1) is 20.7. The zero-order chi connectivity index (χ0) is 21.4. The minimum absolute atomic E-state index is 0.0109.